The maximum atomic E-state index is 12.8. The van der Waals surface area contributed by atoms with Crippen molar-refractivity contribution in [3.63, 3.8) is 0 Å². The first-order valence-corrected chi connectivity index (χ1v) is 13.1. The highest BCUT2D eigenvalue weighted by atomic mass is 32.2. The molecule has 1 N–H and O–H groups in total. The highest BCUT2D eigenvalue weighted by Gasteiger charge is 2.15. The molecule has 2 aromatic heterocycles. The predicted molar refractivity (Wildman–Crippen MR) is 133 cm³/mol. The molecule has 5 aromatic rings. The van der Waals surface area contributed by atoms with Crippen molar-refractivity contribution in [2.45, 2.75) is 24.8 Å². The maximum Gasteiger partial charge on any atom is 0.285 e. The molecule has 2 heterocycles. The summed E-state index contributed by atoms with van der Waals surface area (Å²) in [7, 11) is -3.84. The van der Waals surface area contributed by atoms with Crippen molar-refractivity contribution in [3.8, 4) is 22.5 Å². The number of aryl methyl sites for hydroxylation is 1. The Morgan fingerprint density at radius 3 is 2.34 bits per heavy atom. The highest BCUT2D eigenvalue weighted by molar-refractivity contribution is 7.90. The van der Waals surface area contributed by atoms with Crippen LogP contribution in [-0.4, -0.2) is 38.8 Å². The second-order valence-electron chi connectivity index (χ2n) is 7.65. The fraction of sp³-hybridized carbons (Fsp3) is 0.125. The zero-order chi connectivity index (χ0) is 24.3. The number of aromatic nitrogens is 6. The number of sulfonamides is 1. The van der Waals surface area contributed by atoms with E-state index >= 15 is 0 Å². The molecule has 9 nitrogen and oxygen atoms in total. The molecule has 0 bridgehead atoms. The van der Waals surface area contributed by atoms with Gasteiger partial charge in [-0.05, 0) is 40.5 Å². The first-order chi connectivity index (χ1) is 17.0. The first-order valence-electron chi connectivity index (χ1n) is 10.9. The lowest BCUT2D eigenvalue weighted by Crippen LogP contribution is -2.19. The molecule has 11 heteroatoms. The molecular weight excluding hydrogens is 482 g/mol. The number of hydrogen-bond donors (Lipinski definition) is 1. The second-order valence-corrected chi connectivity index (χ2v) is 10.3. The summed E-state index contributed by atoms with van der Waals surface area (Å²) in [5.74, 6) is 0.528. The van der Waals surface area contributed by atoms with Gasteiger partial charge in [0, 0.05) is 5.56 Å². The molecule has 35 heavy (non-hydrogen) atoms. The van der Waals surface area contributed by atoms with Gasteiger partial charge < -0.3 is 0 Å². The van der Waals surface area contributed by atoms with E-state index in [4.69, 9.17) is 0 Å². The molecule has 0 unspecified atom stereocenters. The molecule has 0 fully saturated rings. The normalized spacial score (nSPS) is 12.2. The maximum absolute atomic E-state index is 12.8. The molecule has 3 aromatic carbocycles. The number of rotatable bonds is 7. The van der Waals surface area contributed by atoms with E-state index in [0.29, 0.717) is 23.6 Å². The van der Waals surface area contributed by atoms with Crippen LogP contribution in [0.25, 0.3) is 22.5 Å². The Kier molecular flexibility index (Phi) is 6.34. The van der Waals surface area contributed by atoms with Crippen molar-refractivity contribution < 1.29 is 8.42 Å². The van der Waals surface area contributed by atoms with E-state index in [1.165, 1.54) is 23.5 Å². The summed E-state index contributed by atoms with van der Waals surface area (Å²) in [5.41, 5.74) is 3.84. The van der Waals surface area contributed by atoms with Crippen LogP contribution in [-0.2, 0) is 23.0 Å². The quantitative estimate of drug-likeness (QED) is 0.362. The number of tetrazole rings is 1. The van der Waals surface area contributed by atoms with Gasteiger partial charge in [-0.2, -0.15) is 18.7 Å². The highest BCUT2D eigenvalue weighted by Crippen LogP contribution is 2.29. The Bertz CT molecular complexity index is 1610. The van der Waals surface area contributed by atoms with E-state index in [0.717, 1.165) is 27.3 Å². The van der Waals surface area contributed by atoms with Crippen LogP contribution in [0.3, 0.4) is 0 Å². The summed E-state index contributed by atoms with van der Waals surface area (Å²) in [4.78, 5) is 0.500. The zero-order valence-corrected chi connectivity index (χ0v) is 20.4. The van der Waals surface area contributed by atoms with Gasteiger partial charge >= 0.3 is 0 Å². The van der Waals surface area contributed by atoms with Crippen molar-refractivity contribution in [1.29, 1.82) is 0 Å². The molecular formula is C24H21N7O2S2. The summed E-state index contributed by atoms with van der Waals surface area (Å²) in [6.45, 7) is 2.38. The fourth-order valence-corrected chi connectivity index (χ4v) is 5.64. The van der Waals surface area contributed by atoms with Crippen LogP contribution in [0.15, 0.2) is 88.2 Å². The molecule has 0 saturated carbocycles. The number of H-pyrrole nitrogens is 1. The van der Waals surface area contributed by atoms with Crippen molar-refractivity contribution >= 4 is 21.4 Å². The van der Waals surface area contributed by atoms with Crippen molar-refractivity contribution in [3.05, 3.63) is 94.2 Å². The van der Waals surface area contributed by atoms with Crippen LogP contribution < -0.4 is 4.80 Å². The standard InChI is InChI=1S/C24H21N7O2S2/c1-2-22-27-31(24(34-22)28-35(32,33)19-8-4-3-5-9-19)16-17-12-14-18(15-13-17)20-10-6-7-11-21(20)23-25-29-30-26-23/h3-15H,2,16H2,1H3,(H,25,26,29,30). The van der Waals surface area contributed by atoms with E-state index in [-0.39, 0.29) is 4.90 Å². The molecule has 5 rings (SSSR count). The third-order valence-electron chi connectivity index (χ3n) is 5.31. The van der Waals surface area contributed by atoms with E-state index < -0.39 is 10.0 Å². The van der Waals surface area contributed by atoms with Gasteiger partial charge in [0.05, 0.1) is 11.4 Å². The number of aromatic amines is 1. The number of benzene rings is 3. The summed E-state index contributed by atoms with van der Waals surface area (Å²) in [5, 5.41) is 19.7. The monoisotopic (exact) mass is 503 g/mol. The van der Waals surface area contributed by atoms with Gasteiger partial charge in [-0.15, -0.1) is 14.6 Å². The topological polar surface area (TPSA) is 119 Å². The molecule has 0 aliphatic carbocycles. The van der Waals surface area contributed by atoms with Crippen LogP contribution >= 0.6 is 11.3 Å². The lowest BCUT2D eigenvalue weighted by atomic mass is 9.98. The van der Waals surface area contributed by atoms with E-state index in [1.54, 1.807) is 22.9 Å². The Morgan fingerprint density at radius 1 is 0.943 bits per heavy atom. The lowest BCUT2D eigenvalue weighted by molar-refractivity contribution is 0.592. The van der Waals surface area contributed by atoms with Gasteiger partial charge in [-0.1, -0.05) is 85.0 Å². The van der Waals surface area contributed by atoms with Gasteiger partial charge in [0.25, 0.3) is 10.0 Å². The van der Waals surface area contributed by atoms with Gasteiger partial charge in [0.15, 0.2) is 0 Å². The van der Waals surface area contributed by atoms with E-state index in [1.807, 2.05) is 55.5 Å². The third kappa shape index (κ3) is 4.96. The van der Waals surface area contributed by atoms with E-state index in [9.17, 15) is 8.42 Å². The summed E-state index contributed by atoms with van der Waals surface area (Å²) in [6.07, 6.45) is 0.692. The smallest absolute Gasteiger partial charge is 0.233 e. The average Bonchev–Trinajstić information content (AvgIpc) is 3.55. The summed E-state index contributed by atoms with van der Waals surface area (Å²) >= 11 is 1.28. The SMILES string of the molecule is CCc1nn(Cc2ccc(-c3ccccc3-c3nn[nH]n3)cc2)c(=NS(=O)(=O)c2ccccc2)s1. The van der Waals surface area contributed by atoms with Gasteiger partial charge in [0.1, 0.15) is 5.01 Å². The average molecular weight is 504 g/mol. The Labute approximate surface area is 205 Å². The zero-order valence-electron chi connectivity index (χ0n) is 18.7. The fourth-order valence-electron chi connectivity index (χ4n) is 3.58. The molecule has 0 saturated heterocycles. The van der Waals surface area contributed by atoms with Crippen LogP contribution in [0.4, 0.5) is 0 Å². The van der Waals surface area contributed by atoms with Gasteiger partial charge in [-0.25, -0.2) is 4.68 Å². The van der Waals surface area contributed by atoms with Crippen LogP contribution in [0.5, 0.6) is 0 Å². The summed E-state index contributed by atoms with van der Waals surface area (Å²) < 4.78 is 31.4. The van der Waals surface area contributed by atoms with Gasteiger partial charge in [-0.3, -0.25) is 0 Å². The first kappa shape index (κ1) is 22.8. The molecule has 0 aliphatic heterocycles. The minimum absolute atomic E-state index is 0.155. The Balaban J connectivity index is 1.46. The molecule has 0 spiro atoms. The number of nitrogens with one attached hydrogen (secondary N) is 1. The Morgan fingerprint density at radius 2 is 1.66 bits per heavy atom. The second kappa shape index (κ2) is 9.72. The largest absolute Gasteiger partial charge is 0.285 e. The van der Waals surface area contributed by atoms with Crippen molar-refractivity contribution in [1.82, 2.24) is 30.4 Å². The van der Waals surface area contributed by atoms with Crippen LogP contribution in [0.2, 0.25) is 0 Å². The third-order valence-corrected chi connectivity index (χ3v) is 7.80. The summed E-state index contributed by atoms with van der Waals surface area (Å²) in [6, 6.07) is 24.1. The Hall–Kier alpha value is -3.96. The minimum atomic E-state index is -3.84. The van der Waals surface area contributed by atoms with Gasteiger partial charge in [0.2, 0.25) is 10.6 Å². The number of nitrogens with zero attached hydrogens (tertiary/aromatic N) is 6. The molecule has 0 radical (unpaired) electrons. The van der Waals surface area contributed by atoms with Crippen molar-refractivity contribution in [2.24, 2.45) is 4.40 Å². The predicted octanol–water partition coefficient (Wildman–Crippen LogP) is 3.69. The molecule has 0 amide bonds. The minimum Gasteiger partial charge on any atom is -0.233 e. The number of hydrogen-bond acceptors (Lipinski definition) is 7. The molecule has 0 aliphatic rings. The van der Waals surface area contributed by atoms with Crippen LogP contribution in [0, 0.1) is 0 Å². The van der Waals surface area contributed by atoms with Crippen molar-refractivity contribution in [2.75, 3.05) is 0 Å². The van der Waals surface area contributed by atoms with E-state index in [2.05, 4.69) is 30.1 Å². The molecule has 176 valence electrons. The van der Waals surface area contributed by atoms with Crippen LogP contribution in [0.1, 0.15) is 17.5 Å². The lowest BCUT2D eigenvalue weighted by Gasteiger charge is -2.08. The molecule has 0 atom stereocenters.